The van der Waals surface area contributed by atoms with Gasteiger partial charge in [0.05, 0.1) is 5.60 Å². The summed E-state index contributed by atoms with van der Waals surface area (Å²) in [5.74, 6) is 0. The van der Waals surface area contributed by atoms with Crippen LogP contribution < -0.4 is 10.6 Å². The quantitative estimate of drug-likeness (QED) is 0.893. The monoisotopic (exact) mass is 320 g/mol. The number of nitrogens with one attached hydrogen (secondary N) is 2. The molecular formula is C18H28N2O3. The molecule has 1 heterocycles. The van der Waals surface area contributed by atoms with Crippen molar-refractivity contribution in [3.63, 3.8) is 0 Å². The Labute approximate surface area is 138 Å². The molecule has 5 heteroatoms. The van der Waals surface area contributed by atoms with E-state index >= 15 is 0 Å². The lowest BCUT2D eigenvalue weighted by atomic mass is 9.85. The minimum Gasteiger partial charge on any atom is -0.444 e. The average Bonchev–Trinajstić information content (AvgIpc) is 2.48. The fraction of sp³-hybridized carbons (Fsp3) is 0.611. The van der Waals surface area contributed by atoms with E-state index in [0.29, 0.717) is 0 Å². The number of anilines is 1. The molecule has 1 fully saturated rings. The van der Waals surface area contributed by atoms with Crippen molar-refractivity contribution in [2.45, 2.75) is 51.2 Å². The van der Waals surface area contributed by atoms with Crippen LogP contribution in [0.2, 0.25) is 0 Å². The normalized spacial score (nSPS) is 17.6. The molecule has 0 unspecified atom stereocenters. The van der Waals surface area contributed by atoms with Crippen LogP contribution in [0, 0.1) is 0 Å². The summed E-state index contributed by atoms with van der Waals surface area (Å²) in [6.07, 6.45) is 2.48. The summed E-state index contributed by atoms with van der Waals surface area (Å²) < 4.78 is 11.1. The maximum atomic E-state index is 11.8. The van der Waals surface area contributed by atoms with Crippen LogP contribution in [-0.2, 0) is 15.9 Å². The summed E-state index contributed by atoms with van der Waals surface area (Å²) in [4.78, 5) is 11.8. The summed E-state index contributed by atoms with van der Waals surface area (Å²) in [7, 11) is 1.80. The molecule has 0 aromatic heterocycles. The number of piperidine rings is 1. The largest absolute Gasteiger partial charge is 0.444 e. The third-order valence-electron chi connectivity index (χ3n) is 4.07. The fourth-order valence-corrected chi connectivity index (χ4v) is 2.83. The van der Waals surface area contributed by atoms with Crippen molar-refractivity contribution >= 4 is 11.8 Å². The van der Waals surface area contributed by atoms with Gasteiger partial charge in [0.1, 0.15) is 5.60 Å². The Balaban J connectivity index is 1.95. The molecule has 2 rings (SSSR count). The smallest absolute Gasteiger partial charge is 0.412 e. The van der Waals surface area contributed by atoms with E-state index in [-0.39, 0.29) is 5.60 Å². The van der Waals surface area contributed by atoms with Crippen molar-refractivity contribution in [3.8, 4) is 0 Å². The van der Waals surface area contributed by atoms with E-state index in [9.17, 15) is 4.79 Å². The molecule has 0 saturated carbocycles. The summed E-state index contributed by atoms with van der Waals surface area (Å²) in [5.41, 5.74) is 1.37. The molecule has 2 N–H and O–H groups in total. The number of amides is 1. The molecule has 0 atom stereocenters. The molecule has 0 radical (unpaired) electrons. The minimum absolute atomic E-state index is 0.0780. The topological polar surface area (TPSA) is 59.6 Å². The second kappa shape index (κ2) is 7.32. The molecular weight excluding hydrogens is 292 g/mol. The van der Waals surface area contributed by atoms with Gasteiger partial charge in [0.25, 0.3) is 0 Å². The predicted molar refractivity (Wildman–Crippen MR) is 91.8 cm³/mol. The number of carbonyl (C=O) groups excluding carboxylic acids is 1. The molecule has 1 amide bonds. The zero-order chi connectivity index (χ0) is 16.9. The Morgan fingerprint density at radius 1 is 1.22 bits per heavy atom. The van der Waals surface area contributed by atoms with Crippen molar-refractivity contribution in [1.82, 2.24) is 5.32 Å². The molecule has 0 bridgehead atoms. The first kappa shape index (κ1) is 17.8. The zero-order valence-electron chi connectivity index (χ0n) is 14.6. The van der Waals surface area contributed by atoms with Crippen LogP contribution in [0.15, 0.2) is 24.3 Å². The van der Waals surface area contributed by atoms with Crippen LogP contribution in [0.3, 0.4) is 0 Å². The van der Waals surface area contributed by atoms with Gasteiger partial charge in [-0.05, 0) is 64.4 Å². The molecule has 1 aromatic carbocycles. The van der Waals surface area contributed by atoms with E-state index in [1.807, 2.05) is 45.0 Å². The molecule has 0 aliphatic carbocycles. The molecule has 1 aromatic rings. The van der Waals surface area contributed by atoms with Crippen LogP contribution >= 0.6 is 0 Å². The lowest BCUT2D eigenvalue weighted by Gasteiger charge is -2.36. The van der Waals surface area contributed by atoms with Crippen LogP contribution in [-0.4, -0.2) is 37.5 Å². The molecule has 1 aliphatic heterocycles. The Morgan fingerprint density at radius 3 is 2.35 bits per heavy atom. The van der Waals surface area contributed by atoms with E-state index in [1.54, 1.807) is 7.11 Å². The van der Waals surface area contributed by atoms with E-state index in [1.165, 1.54) is 5.56 Å². The number of carbonyl (C=O) groups is 1. The maximum absolute atomic E-state index is 11.8. The summed E-state index contributed by atoms with van der Waals surface area (Å²) in [6.45, 7) is 7.52. The highest BCUT2D eigenvalue weighted by atomic mass is 16.6. The second-order valence-electron chi connectivity index (χ2n) is 7.14. The third kappa shape index (κ3) is 5.52. The first-order valence-corrected chi connectivity index (χ1v) is 8.17. The highest BCUT2D eigenvalue weighted by Gasteiger charge is 2.31. The van der Waals surface area contributed by atoms with Gasteiger partial charge in [0.15, 0.2) is 0 Å². The van der Waals surface area contributed by atoms with E-state index in [0.717, 1.165) is 38.0 Å². The molecule has 5 nitrogen and oxygen atoms in total. The third-order valence-corrected chi connectivity index (χ3v) is 4.07. The second-order valence-corrected chi connectivity index (χ2v) is 7.14. The Morgan fingerprint density at radius 2 is 1.83 bits per heavy atom. The maximum Gasteiger partial charge on any atom is 0.412 e. The van der Waals surface area contributed by atoms with E-state index in [2.05, 4.69) is 10.6 Å². The van der Waals surface area contributed by atoms with E-state index < -0.39 is 11.7 Å². The molecule has 1 aliphatic rings. The van der Waals surface area contributed by atoms with Gasteiger partial charge in [0.2, 0.25) is 0 Å². The summed E-state index contributed by atoms with van der Waals surface area (Å²) in [5, 5.41) is 6.12. The van der Waals surface area contributed by atoms with Crippen molar-refractivity contribution in [3.05, 3.63) is 29.8 Å². The van der Waals surface area contributed by atoms with Crippen molar-refractivity contribution in [1.29, 1.82) is 0 Å². The zero-order valence-corrected chi connectivity index (χ0v) is 14.6. The Kier molecular flexibility index (Phi) is 5.65. The molecule has 0 spiro atoms. The summed E-state index contributed by atoms with van der Waals surface area (Å²) in [6, 6.07) is 7.89. The van der Waals surface area contributed by atoms with Crippen LogP contribution in [0.4, 0.5) is 10.5 Å². The SMILES string of the molecule is COC1(Cc2ccc(NC(=O)OC(C)(C)C)cc2)CCNCC1. The highest BCUT2D eigenvalue weighted by Crippen LogP contribution is 2.27. The number of hydrogen-bond donors (Lipinski definition) is 2. The van der Waals surface area contributed by atoms with Gasteiger partial charge >= 0.3 is 6.09 Å². The number of rotatable bonds is 4. The van der Waals surface area contributed by atoms with E-state index in [4.69, 9.17) is 9.47 Å². The van der Waals surface area contributed by atoms with Crippen LogP contribution in [0.1, 0.15) is 39.2 Å². The fourth-order valence-electron chi connectivity index (χ4n) is 2.83. The predicted octanol–water partition coefficient (Wildman–Crippen LogP) is 3.34. The standard InChI is InChI=1S/C18H28N2O3/c1-17(2,3)23-16(21)20-15-7-5-14(6-8-15)13-18(22-4)9-11-19-12-10-18/h5-8,19H,9-13H2,1-4H3,(H,20,21). The molecule has 1 saturated heterocycles. The van der Waals surface area contributed by atoms with Crippen molar-refractivity contribution in [2.24, 2.45) is 0 Å². The number of methoxy groups -OCH3 is 1. The van der Waals surface area contributed by atoms with Gasteiger partial charge in [-0.15, -0.1) is 0 Å². The number of hydrogen-bond acceptors (Lipinski definition) is 4. The number of benzene rings is 1. The van der Waals surface area contributed by atoms with Crippen molar-refractivity contribution in [2.75, 3.05) is 25.5 Å². The van der Waals surface area contributed by atoms with Crippen LogP contribution in [0.5, 0.6) is 0 Å². The van der Waals surface area contributed by atoms with Gasteiger partial charge in [-0.25, -0.2) is 4.79 Å². The van der Waals surface area contributed by atoms with Gasteiger partial charge < -0.3 is 14.8 Å². The minimum atomic E-state index is -0.496. The first-order valence-electron chi connectivity index (χ1n) is 8.17. The average molecular weight is 320 g/mol. The van der Waals surface area contributed by atoms with Gasteiger partial charge in [-0.2, -0.15) is 0 Å². The first-order chi connectivity index (χ1) is 10.8. The number of ether oxygens (including phenoxy) is 2. The van der Waals surface area contributed by atoms with Gasteiger partial charge in [-0.3, -0.25) is 5.32 Å². The highest BCUT2D eigenvalue weighted by molar-refractivity contribution is 5.84. The van der Waals surface area contributed by atoms with Crippen molar-refractivity contribution < 1.29 is 14.3 Å². The summed E-state index contributed by atoms with van der Waals surface area (Å²) >= 11 is 0. The lowest BCUT2D eigenvalue weighted by molar-refractivity contribution is -0.0333. The Hall–Kier alpha value is -1.59. The lowest BCUT2D eigenvalue weighted by Crippen LogP contribution is -2.44. The molecule has 23 heavy (non-hydrogen) atoms. The molecule has 128 valence electrons. The Bertz CT molecular complexity index is 514. The van der Waals surface area contributed by atoms with Gasteiger partial charge in [0, 0.05) is 19.2 Å². The van der Waals surface area contributed by atoms with Crippen LogP contribution in [0.25, 0.3) is 0 Å². The van der Waals surface area contributed by atoms with Gasteiger partial charge in [-0.1, -0.05) is 12.1 Å².